The van der Waals surface area contributed by atoms with Crippen molar-refractivity contribution in [3.8, 4) is 11.4 Å². The van der Waals surface area contributed by atoms with Gasteiger partial charge in [-0.2, -0.15) is 0 Å². The maximum atomic E-state index is 13.1. The maximum absolute atomic E-state index is 13.1. The summed E-state index contributed by atoms with van der Waals surface area (Å²) in [6.45, 7) is 2.88. The fourth-order valence-electron chi connectivity index (χ4n) is 4.85. The predicted octanol–water partition coefficient (Wildman–Crippen LogP) is 1.81. The van der Waals surface area contributed by atoms with Crippen molar-refractivity contribution < 1.29 is 9.59 Å². The van der Waals surface area contributed by atoms with E-state index in [-0.39, 0.29) is 24.3 Å². The number of aromatic nitrogens is 2. The van der Waals surface area contributed by atoms with E-state index in [1.807, 2.05) is 30.3 Å². The second-order valence-electron chi connectivity index (χ2n) is 8.41. The molecule has 0 saturated carbocycles. The smallest absolute Gasteiger partial charge is 0.239 e. The van der Waals surface area contributed by atoms with Crippen molar-refractivity contribution in [2.45, 2.75) is 32.1 Å². The van der Waals surface area contributed by atoms with Crippen molar-refractivity contribution in [2.75, 3.05) is 37.6 Å². The molecule has 0 radical (unpaired) electrons. The summed E-state index contributed by atoms with van der Waals surface area (Å²) in [6, 6.07) is 10.1. The van der Waals surface area contributed by atoms with Crippen LogP contribution in [0.3, 0.4) is 0 Å². The van der Waals surface area contributed by atoms with Crippen LogP contribution in [0.4, 0.5) is 5.82 Å². The van der Waals surface area contributed by atoms with E-state index in [0.717, 1.165) is 61.5 Å². The number of piperazine rings is 1. The molecular formula is C23H27N5O2. The molecule has 1 N–H and O–H groups in total. The van der Waals surface area contributed by atoms with Crippen LogP contribution in [-0.4, -0.2) is 59.4 Å². The number of carbonyl (C=O) groups excluding carboxylic acids is 2. The van der Waals surface area contributed by atoms with E-state index in [4.69, 9.17) is 9.97 Å². The summed E-state index contributed by atoms with van der Waals surface area (Å²) in [5.41, 5.74) is 3.43. The second kappa shape index (κ2) is 8.05. The number of nitrogens with one attached hydrogen (secondary N) is 1. The van der Waals surface area contributed by atoms with Gasteiger partial charge in [-0.3, -0.25) is 9.59 Å². The Morgan fingerprint density at radius 3 is 2.77 bits per heavy atom. The first-order valence-electron chi connectivity index (χ1n) is 10.9. The highest BCUT2D eigenvalue weighted by Crippen LogP contribution is 2.33. The quantitative estimate of drug-likeness (QED) is 0.843. The third-order valence-corrected chi connectivity index (χ3v) is 6.36. The van der Waals surface area contributed by atoms with Gasteiger partial charge in [-0.05, 0) is 32.1 Å². The number of aryl methyl sites for hydroxylation is 1. The number of hydrogen-bond acceptors (Lipinski definition) is 5. The number of rotatable bonds is 3. The van der Waals surface area contributed by atoms with E-state index in [9.17, 15) is 9.59 Å². The Hall–Kier alpha value is -2.96. The van der Waals surface area contributed by atoms with Crippen molar-refractivity contribution in [1.82, 2.24) is 20.2 Å². The SMILES string of the molecule is O=C1CN(C(=O)C2CCCN(c3nc(-c4ccccc4)nc4c3CCC4)C2)CCN1. The number of amides is 2. The summed E-state index contributed by atoms with van der Waals surface area (Å²) in [7, 11) is 0. The first kappa shape index (κ1) is 19.0. The van der Waals surface area contributed by atoms with Crippen LogP contribution >= 0.6 is 0 Å². The Morgan fingerprint density at radius 1 is 1.07 bits per heavy atom. The number of piperidine rings is 1. The molecule has 1 atom stereocenters. The summed E-state index contributed by atoms with van der Waals surface area (Å²) in [6.07, 6.45) is 4.92. The minimum atomic E-state index is -0.0863. The molecule has 2 fully saturated rings. The number of hydrogen-bond donors (Lipinski definition) is 1. The van der Waals surface area contributed by atoms with Gasteiger partial charge in [-0.1, -0.05) is 30.3 Å². The predicted molar refractivity (Wildman–Crippen MR) is 114 cm³/mol. The van der Waals surface area contributed by atoms with Crippen molar-refractivity contribution >= 4 is 17.6 Å². The lowest BCUT2D eigenvalue weighted by Gasteiger charge is -2.37. The number of benzene rings is 1. The molecule has 30 heavy (non-hydrogen) atoms. The zero-order valence-electron chi connectivity index (χ0n) is 17.1. The molecule has 0 bridgehead atoms. The summed E-state index contributed by atoms with van der Waals surface area (Å²) < 4.78 is 0. The van der Waals surface area contributed by atoms with E-state index in [1.165, 1.54) is 5.56 Å². The minimum Gasteiger partial charge on any atom is -0.355 e. The largest absolute Gasteiger partial charge is 0.355 e. The van der Waals surface area contributed by atoms with Gasteiger partial charge in [0, 0.05) is 43.0 Å². The van der Waals surface area contributed by atoms with Gasteiger partial charge in [0.05, 0.1) is 12.5 Å². The molecule has 2 amide bonds. The molecule has 2 aromatic rings. The third kappa shape index (κ3) is 3.64. The maximum Gasteiger partial charge on any atom is 0.239 e. The van der Waals surface area contributed by atoms with E-state index in [1.54, 1.807) is 4.90 Å². The Kier molecular flexibility index (Phi) is 5.11. The Labute approximate surface area is 176 Å². The second-order valence-corrected chi connectivity index (χ2v) is 8.41. The Bertz CT molecular complexity index is 962. The standard InChI is InChI=1S/C23H27N5O2/c29-20-15-28(13-11-24-20)23(30)17-8-5-12-27(14-17)22-18-9-4-10-19(18)25-21(26-22)16-6-2-1-3-7-16/h1-3,6-7,17H,4-5,8-15H2,(H,24,29). The van der Waals surface area contributed by atoms with Crippen LogP contribution in [0.2, 0.25) is 0 Å². The number of carbonyl (C=O) groups is 2. The molecule has 5 rings (SSSR count). The average molecular weight is 406 g/mol. The van der Waals surface area contributed by atoms with E-state index in [0.29, 0.717) is 19.6 Å². The van der Waals surface area contributed by atoms with Crippen LogP contribution in [0, 0.1) is 5.92 Å². The fraction of sp³-hybridized carbons (Fsp3) is 0.478. The molecule has 1 unspecified atom stereocenters. The number of fused-ring (bicyclic) bond motifs is 1. The first-order valence-corrected chi connectivity index (χ1v) is 10.9. The average Bonchev–Trinajstić information content (AvgIpc) is 3.27. The summed E-state index contributed by atoms with van der Waals surface area (Å²) >= 11 is 0. The molecule has 3 heterocycles. The Morgan fingerprint density at radius 2 is 1.93 bits per heavy atom. The number of nitrogens with zero attached hydrogens (tertiary/aromatic N) is 4. The van der Waals surface area contributed by atoms with Gasteiger partial charge in [-0.25, -0.2) is 9.97 Å². The summed E-state index contributed by atoms with van der Waals surface area (Å²) in [5, 5.41) is 2.79. The molecule has 1 aliphatic carbocycles. The molecule has 0 spiro atoms. The van der Waals surface area contributed by atoms with Crippen LogP contribution in [0.25, 0.3) is 11.4 Å². The van der Waals surface area contributed by atoms with Crippen molar-refractivity contribution in [1.29, 1.82) is 0 Å². The van der Waals surface area contributed by atoms with Crippen molar-refractivity contribution in [3.05, 3.63) is 41.6 Å². The molecule has 1 aromatic heterocycles. The van der Waals surface area contributed by atoms with E-state index < -0.39 is 0 Å². The van der Waals surface area contributed by atoms with E-state index >= 15 is 0 Å². The van der Waals surface area contributed by atoms with Gasteiger partial charge in [0.15, 0.2) is 5.82 Å². The highest BCUT2D eigenvalue weighted by atomic mass is 16.2. The van der Waals surface area contributed by atoms with Gasteiger partial charge in [0.25, 0.3) is 0 Å². The molecular weight excluding hydrogens is 378 g/mol. The van der Waals surface area contributed by atoms with Crippen molar-refractivity contribution in [2.24, 2.45) is 5.92 Å². The van der Waals surface area contributed by atoms with Crippen LogP contribution in [0.5, 0.6) is 0 Å². The summed E-state index contributed by atoms with van der Waals surface area (Å²) in [5.74, 6) is 1.72. The monoisotopic (exact) mass is 405 g/mol. The lowest BCUT2D eigenvalue weighted by molar-refractivity contribution is -0.141. The third-order valence-electron chi connectivity index (χ3n) is 6.36. The van der Waals surface area contributed by atoms with Gasteiger partial charge in [0.2, 0.25) is 11.8 Å². The Balaban J connectivity index is 1.41. The van der Waals surface area contributed by atoms with Crippen LogP contribution in [0.1, 0.15) is 30.5 Å². The topological polar surface area (TPSA) is 78.4 Å². The molecule has 2 aliphatic heterocycles. The van der Waals surface area contributed by atoms with Crippen LogP contribution < -0.4 is 10.2 Å². The van der Waals surface area contributed by atoms with Gasteiger partial charge in [0.1, 0.15) is 5.82 Å². The highest BCUT2D eigenvalue weighted by molar-refractivity contribution is 5.87. The van der Waals surface area contributed by atoms with Crippen LogP contribution in [-0.2, 0) is 22.4 Å². The normalized spacial score (nSPS) is 21.3. The molecule has 1 aromatic carbocycles. The molecule has 7 heteroatoms. The highest BCUT2D eigenvalue weighted by Gasteiger charge is 2.33. The lowest BCUT2D eigenvalue weighted by Crippen LogP contribution is -2.53. The first-order chi connectivity index (χ1) is 14.7. The van der Waals surface area contributed by atoms with E-state index in [2.05, 4.69) is 10.2 Å². The van der Waals surface area contributed by atoms with Gasteiger partial charge >= 0.3 is 0 Å². The van der Waals surface area contributed by atoms with Gasteiger partial charge in [-0.15, -0.1) is 0 Å². The molecule has 2 saturated heterocycles. The number of anilines is 1. The molecule has 156 valence electrons. The molecule has 7 nitrogen and oxygen atoms in total. The molecule has 3 aliphatic rings. The lowest BCUT2D eigenvalue weighted by atomic mass is 9.95. The summed E-state index contributed by atoms with van der Waals surface area (Å²) in [4.78, 5) is 38.6. The minimum absolute atomic E-state index is 0.0663. The van der Waals surface area contributed by atoms with Gasteiger partial charge < -0.3 is 15.1 Å². The zero-order chi connectivity index (χ0) is 20.5. The fourth-order valence-corrected chi connectivity index (χ4v) is 4.85. The van der Waals surface area contributed by atoms with Crippen LogP contribution in [0.15, 0.2) is 30.3 Å². The van der Waals surface area contributed by atoms with Crippen molar-refractivity contribution in [3.63, 3.8) is 0 Å². The zero-order valence-corrected chi connectivity index (χ0v) is 17.1.